The fraction of sp³-hybridized carbons (Fsp3) is 0.571. The lowest BCUT2D eigenvalue weighted by molar-refractivity contribution is 0.316. The molecule has 0 spiro atoms. The van der Waals surface area contributed by atoms with Gasteiger partial charge in [-0.25, -0.2) is 17.5 Å². The first-order chi connectivity index (χ1) is 9.40. The zero-order valence-electron chi connectivity index (χ0n) is 11.8. The maximum atomic E-state index is 13.1. The Morgan fingerprint density at radius 1 is 1.35 bits per heavy atom. The molecule has 4 nitrogen and oxygen atoms in total. The fourth-order valence-electron chi connectivity index (χ4n) is 2.66. The number of halogens is 1. The molecule has 1 fully saturated rings. The normalized spacial score (nSPS) is 18.9. The largest absolute Gasteiger partial charge is 0.317 e. The first kappa shape index (κ1) is 15.4. The molecule has 6 heteroatoms. The van der Waals surface area contributed by atoms with E-state index in [2.05, 4.69) is 10.0 Å². The second-order valence-corrected chi connectivity index (χ2v) is 7.09. The average molecular weight is 300 g/mol. The van der Waals surface area contributed by atoms with E-state index in [9.17, 15) is 12.8 Å². The minimum atomic E-state index is -3.59. The summed E-state index contributed by atoms with van der Waals surface area (Å²) >= 11 is 0. The number of hydrogen-bond donors (Lipinski definition) is 2. The lowest BCUT2D eigenvalue weighted by Crippen LogP contribution is -2.42. The molecule has 1 aliphatic rings. The molecule has 1 heterocycles. The third kappa shape index (κ3) is 3.56. The fourth-order valence-corrected chi connectivity index (χ4v) is 4.20. The highest BCUT2D eigenvalue weighted by Crippen LogP contribution is 2.20. The SMILES string of the molecule is Cc1cc(F)ccc1S(=O)(=O)NC(C)C1CCNCC1. The quantitative estimate of drug-likeness (QED) is 0.891. The lowest BCUT2D eigenvalue weighted by atomic mass is 9.92. The standard InChI is InChI=1S/C14H21FN2O2S/c1-10-9-13(15)3-4-14(10)20(18,19)17-11(2)12-5-7-16-8-6-12/h3-4,9,11-12,16-17H,5-8H2,1-2H3. The zero-order chi connectivity index (χ0) is 14.8. The van der Waals surface area contributed by atoms with Crippen LogP contribution in [0.2, 0.25) is 0 Å². The maximum Gasteiger partial charge on any atom is 0.241 e. The summed E-state index contributed by atoms with van der Waals surface area (Å²) in [5, 5.41) is 3.26. The minimum absolute atomic E-state index is 0.119. The van der Waals surface area contributed by atoms with E-state index < -0.39 is 15.8 Å². The Labute approximate surface area is 119 Å². The van der Waals surface area contributed by atoms with Crippen LogP contribution in [0.1, 0.15) is 25.3 Å². The molecule has 1 unspecified atom stereocenters. The monoisotopic (exact) mass is 300 g/mol. The number of sulfonamides is 1. The Balaban J connectivity index is 2.13. The molecule has 0 aliphatic carbocycles. The predicted molar refractivity (Wildman–Crippen MR) is 76.5 cm³/mol. The van der Waals surface area contributed by atoms with Crippen LogP contribution in [0.15, 0.2) is 23.1 Å². The number of aryl methyl sites for hydroxylation is 1. The van der Waals surface area contributed by atoms with Crippen LogP contribution in [-0.4, -0.2) is 27.5 Å². The minimum Gasteiger partial charge on any atom is -0.317 e. The van der Waals surface area contributed by atoms with Crippen molar-refractivity contribution in [1.29, 1.82) is 0 Å². The van der Waals surface area contributed by atoms with Crippen molar-refractivity contribution >= 4 is 10.0 Å². The molecule has 0 saturated carbocycles. The van der Waals surface area contributed by atoms with E-state index in [4.69, 9.17) is 0 Å². The molecule has 1 aliphatic heterocycles. The molecule has 20 heavy (non-hydrogen) atoms. The van der Waals surface area contributed by atoms with Gasteiger partial charge >= 0.3 is 0 Å². The van der Waals surface area contributed by atoms with Gasteiger partial charge in [0.25, 0.3) is 0 Å². The van der Waals surface area contributed by atoms with E-state index in [1.807, 2.05) is 6.92 Å². The smallest absolute Gasteiger partial charge is 0.241 e. The molecule has 2 N–H and O–H groups in total. The van der Waals surface area contributed by atoms with Crippen LogP contribution < -0.4 is 10.0 Å². The van der Waals surface area contributed by atoms with Gasteiger partial charge in [0, 0.05) is 6.04 Å². The molecule has 112 valence electrons. The van der Waals surface area contributed by atoms with E-state index >= 15 is 0 Å². The molecular weight excluding hydrogens is 279 g/mol. The van der Waals surface area contributed by atoms with Gasteiger partial charge in [0.15, 0.2) is 0 Å². The maximum absolute atomic E-state index is 13.1. The molecule has 1 saturated heterocycles. The van der Waals surface area contributed by atoms with Crippen molar-refractivity contribution in [2.75, 3.05) is 13.1 Å². The van der Waals surface area contributed by atoms with Crippen molar-refractivity contribution in [3.05, 3.63) is 29.6 Å². The van der Waals surface area contributed by atoms with Crippen LogP contribution in [0.25, 0.3) is 0 Å². The molecule has 0 amide bonds. The van der Waals surface area contributed by atoms with E-state index in [0.717, 1.165) is 25.9 Å². The van der Waals surface area contributed by atoms with Gasteiger partial charge in [-0.1, -0.05) is 0 Å². The second-order valence-electron chi connectivity index (χ2n) is 5.41. The van der Waals surface area contributed by atoms with Crippen molar-refractivity contribution in [2.24, 2.45) is 5.92 Å². The van der Waals surface area contributed by atoms with Crippen molar-refractivity contribution < 1.29 is 12.8 Å². The van der Waals surface area contributed by atoms with Gasteiger partial charge in [-0.05, 0) is 69.5 Å². The molecular formula is C14H21FN2O2S. The van der Waals surface area contributed by atoms with Crippen molar-refractivity contribution in [2.45, 2.75) is 37.6 Å². The Kier molecular flexibility index (Phi) is 4.78. The summed E-state index contributed by atoms with van der Waals surface area (Å²) < 4.78 is 40.5. The highest BCUT2D eigenvalue weighted by Gasteiger charge is 2.25. The van der Waals surface area contributed by atoms with E-state index in [-0.39, 0.29) is 10.9 Å². The first-order valence-corrected chi connectivity index (χ1v) is 8.37. The summed E-state index contributed by atoms with van der Waals surface area (Å²) in [4.78, 5) is 0.152. The predicted octanol–water partition coefficient (Wildman–Crippen LogP) is 1.80. The molecule has 1 aromatic carbocycles. The van der Waals surface area contributed by atoms with Crippen molar-refractivity contribution in [3.63, 3.8) is 0 Å². The first-order valence-electron chi connectivity index (χ1n) is 6.89. The summed E-state index contributed by atoms with van der Waals surface area (Å²) in [6.07, 6.45) is 1.93. The number of piperidine rings is 1. The number of nitrogens with one attached hydrogen (secondary N) is 2. The number of benzene rings is 1. The Morgan fingerprint density at radius 2 is 2.00 bits per heavy atom. The summed E-state index contributed by atoms with van der Waals surface area (Å²) in [6.45, 7) is 5.35. The number of rotatable bonds is 4. The molecule has 0 bridgehead atoms. The summed E-state index contributed by atoms with van der Waals surface area (Å²) in [6, 6.07) is 3.62. The summed E-state index contributed by atoms with van der Waals surface area (Å²) in [7, 11) is -3.59. The van der Waals surface area contributed by atoms with Crippen molar-refractivity contribution in [3.8, 4) is 0 Å². The van der Waals surface area contributed by atoms with Gasteiger partial charge in [-0.2, -0.15) is 0 Å². The lowest BCUT2D eigenvalue weighted by Gasteiger charge is -2.28. The average Bonchev–Trinajstić information content (AvgIpc) is 2.38. The molecule has 0 aromatic heterocycles. The van der Waals surface area contributed by atoms with Gasteiger partial charge in [0.05, 0.1) is 4.90 Å². The van der Waals surface area contributed by atoms with Gasteiger partial charge in [-0.15, -0.1) is 0 Å². The van der Waals surface area contributed by atoms with Crippen LogP contribution in [0, 0.1) is 18.7 Å². The van der Waals surface area contributed by atoms with Gasteiger partial charge in [-0.3, -0.25) is 0 Å². The van der Waals surface area contributed by atoms with E-state index in [0.29, 0.717) is 11.5 Å². The molecule has 0 radical (unpaired) electrons. The van der Waals surface area contributed by atoms with Crippen LogP contribution >= 0.6 is 0 Å². The summed E-state index contributed by atoms with van der Waals surface area (Å²) in [5.74, 6) is -0.0837. The van der Waals surface area contributed by atoms with Crippen LogP contribution in [0.3, 0.4) is 0 Å². The number of hydrogen-bond acceptors (Lipinski definition) is 3. The van der Waals surface area contributed by atoms with Gasteiger partial charge in [0.1, 0.15) is 5.82 Å². The van der Waals surface area contributed by atoms with Crippen LogP contribution in [-0.2, 0) is 10.0 Å². The third-order valence-corrected chi connectivity index (χ3v) is 5.58. The van der Waals surface area contributed by atoms with E-state index in [1.54, 1.807) is 6.92 Å². The van der Waals surface area contributed by atoms with E-state index in [1.165, 1.54) is 18.2 Å². The van der Waals surface area contributed by atoms with Gasteiger partial charge < -0.3 is 5.32 Å². The highest BCUT2D eigenvalue weighted by atomic mass is 32.2. The molecule has 1 aromatic rings. The topological polar surface area (TPSA) is 58.2 Å². The molecule has 1 atom stereocenters. The van der Waals surface area contributed by atoms with Crippen LogP contribution in [0.5, 0.6) is 0 Å². The molecule has 2 rings (SSSR count). The Hall–Kier alpha value is -0.980. The zero-order valence-corrected chi connectivity index (χ0v) is 12.6. The van der Waals surface area contributed by atoms with Gasteiger partial charge in [0.2, 0.25) is 10.0 Å². The second kappa shape index (κ2) is 6.20. The Morgan fingerprint density at radius 3 is 2.60 bits per heavy atom. The van der Waals surface area contributed by atoms with Crippen molar-refractivity contribution in [1.82, 2.24) is 10.0 Å². The Bertz CT molecular complexity index is 569. The summed E-state index contributed by atoms with van der Waals surface area (Å²) in [5.41, 5.74) is 0.426. The third-order valence-electron chi connectivity index (χ3n) is 3.86. The highest BCUT2D eigenvalue weighted by molar-refractivity contribution is 7.89. The van der Waals surface area contributed by atoms with Crippen LogP contribution in [0.4, 0.5) is 4.39 Å².